The SMILES string of the molecule is CN(CC1CC1)C(=O)c1ccc(OCc2cncc(-n3cc(-c4ccn(C)n4)c4c(N)ncnc43)c2)cc1N. The lowest BCUT2D eigenvalue weighted by Crippen LogP contribution is -2.29. The molecule has 0 radical (unpaired) electrons. The summed E-state index contributed by atoms with van der Waals surface area (Å²) in [4.78, 5) is 27.6. The molecule has 4 N–H and O–H groups in total. The lowest BCUT2D eigenvalue weighted by atomic mass is 10.1. The molecule has 11 heteroatoms. The Balaban J connectivity index is 1.23. The molecular formula is C28H29N9O2. The second kappa shape index (κ2) is 9.75. The molecule has 11 nitrogen and oxygen atoms in total. The molecule has 39 heavy (non-hydrogen) atoms. The van der Waals surface area contributed by atoms with Gasteiger partial charge in [0.05, 0.1) is 28.5 Å². The Labute approximate surface area is 225 Å². The first-order chi connectivity index (χ1) is 18.9. The summed E-state index contributed by atoms with van der Waals surface area (Å²) in [6.45, 7) is 1.02. The van der Waals surface area contributed by atoms with Crippen LogP contribution in [0.3, 0.4) is 0 Å². The van der Waals surface area contributed by atoms with Crippen molar-refractivity contribution in [2.75, 3.05) is 25.1 Å². The predicted molar refractivity (Wildman–Crippen MR) is 148 cm³/mol. The van der Waals surface area contributed by atoms with Gasteiger partial charge in [0, 0.05) is 62.1 Å². The Kier molecular flexibility index (Phi) is 6.10. The number of aryl methyl sites for hydroxylation is 1. The molecule has 1 fully saturated rings. The van der Waals surface area contributed by atoms with Crippen LogP contribution in [0.5, 0.6) is 5.75 Å². The first-order valence-corrected chi connectivity index (χ1v) is 12.7. The topological polar surface area (TPSA) is 143 Å². The third kappa shape index (κ3) is 4.86. The summed E-state index contributed by atoms with van der Waals surface area (Å²) < 4.78 is 9.66. The van der Waals surface area contributed by atoms with Crippen molar-refractivity contribution in [3.05, 3.63) is 72.6 Å². The molecule has 6 rings (SSSR count). The molecule has 0 spiro atoms. The molecule has 1 amide bonds. The number of amides is 1. The van der Waals surface area contributed by atoms with Crippen LogP contribution in [0.1, 0.15) is 28.8 Å². The van der Waals surface area contributed by atoms with Crippen LogP contribution in [-0.4, -0.2) is 53.7 Å². The second-order valence-corrected chi connectivity index (χ2v) is 9.96. The Morgan fingerprint density at radius 1 is 1.15 bits per heavy atom. The number of carbonyl (C=O) groups is 1. The Bertz CT molecular complexity index is 1690. The normalized spacial score (nSPS) is 13.1. The van der Waals surface area contributed by atoms with Crippen LogP contribution in [0.25, 0.3) is 28.0 Å². The van der Waals surface area contributed by atoms with Gasteiger partial charge in [0.15, 0.2) is 5.65 Å². The first-order valence-electron chi connectivity index (χ1n) is 12.7. The number of benzene rings is 1. The molecule has 0 unspecified atom stereocenters. The van der Waals surface area contributed by atoms with E-state index in [1.807, 2.05) is 43.2 Å². The van der Waals surface area contributed by atoms with Crippen LogP contribution in [-0.2, 0) is 13.7 Å². The van der Waals surface area contributed by atoms with E-state index in [9.17, 15) is 4.79 Å². The summed E-state index contributed by atoms with van der Waals surface area (Å²) in [5, 5.41) is 5.26. The maximum absolute atomic E-state index is 12.8. The van der Waals surface area contributed by atoms with Crippen molar-refractivity contribution in [2.24, 2.45) is 13.0 Å². The molecule has 1 aliphatic rings. The van der Waals surface area contributed by atoms with E-state index in [1.54, 1.807) is 40.2 Å². The van der Waals surface area contributed by atoms with E-state index in [2.05, 4.69) is 20.1 Å². The van der Waals surface area contributed by atoms with Gasteiger partial charge in [-0.15, -0.1) is 0 Å². The standard InChI is InChI=1S/C28H29N9O2/c1-35(13-17-3-4-17)28(38)21-6-5-20(10-23(21)29)39-15-18-9-19(12-31-11-18)37-14-22(24-7-8-36(2)34-24)25-26(30)32-16-33-27(25)37/h5-12,14,16-17H,3-4,13,15,29H2,1-2H3,(H2,30,32,33). The molecule has 1 saturated carbocycles. The van der Waals surface area contributed by atoms with E-state index in [0.29, 0.717) is 34.4 Å². The highest BCUT2D eigenvalue weighted by molar-refractivity contribution is 6.01. The van der Waals surface area contributed by atoms with Crippen LogP contribution in [0, 0.1) is 5.92 Å². The van der Waals surface area contributed by atoms with Crippen molar-refractivity contribution >= 4 is 28.4 Å². The number of nitrogen functional groups attached to an aromatic ring is 2. The number of hydrogen-bond donors (Lipinski definition) is 2. The van der Waals surface area contributed by atoms with E-state index in [1.165, 1.54) is 19.2 Å². The van der Waals surface area contributed by atoms with Gasteiger partial charge in [-0.1, -0.05) is 0 Å². The van der Waals surface area contributed by atoms with Gasteiger partial charge in [0.1, 0.15) is 24.5 Å². The number of anilines is 2. The summed E-state index contributed by atoms with van der Waals surface area (Å²) in [7, 11) is 3.68. The molecule has 0 aliphatic heterocycles. The molecule has 0 saturated heterocycles. The number of pyridine rings is 1. The zero-order valence-electron chi connectivity index (χ0n) is 21.8. The highest BCUT2D eigenvalue weighted by atomic mass is 16.5. The molecule has 5 aromatic rings. The van der Waals surface area contributed by atoms with Gasteiger partial charge in [-0.25, -0.2) is 9.97 Å². The number of rotatable bonds is 8. The number of carbonyl (C=O) groups excluding carboxylic acids is 1. The quantitative estimate of drug-likeness (QED) is 0.295. The van der Waals surface area contributed by atoms with Gasteiger partial charge < -0.3 is 21.1 Å². The van der Waals surface area contributed by atoms with Crippen molar-refractivity contribution in [1.29, 1.82) is 0 Å². The minimum Gasteiger partial charge on any atom is -0.489 e. The smallest absolute Gasteiger partial charge is 0.255 e. The largest absolute Gasteiger partial charge is 0.489 e. The number of ether oxygens (including phenoxy) is 1. The summed E-state index contributed by atoms with van der Waals surface area (Å²) >= 11 is 0. The second-order valence-electron chi connectivity index (χ2n) is 9.96. The maximum Gasteiger partial charge on any atom is 0.255 e. The number of hydrogen-bond acceptors (Lipinski definition) is 8. The Morgan fingerprint density at radius 3 is 2.74 bits per heavy atom. The average Bonchev–Trinajstić information content (AvgIpc) is 3.49. The van der Waals surface area contributed by atoms with Crippen LogP contribution >= 0.6 is 0 Å². The van der Waals surface area contributed by atoms with Crippen LogP contribution in [0.15, 0.2) is 61.4 Å². The summed E-state index contributed by atoms with van der Waals surface area (Å²) in [5.74, 6) is 1.49. The van der Waals surface area contributed by atoms with Crippen LogP contribution < -0.4 is 16.2 Å². The highest BCUT2D eigenvalue weighted by Crippen LogP contribution is 2.33. The molecule has 0 atom stereocenters. The van der Waals surface area contributed by atoms with Crippen LogP contribution in [0.4, 0.5) is 11.5 Å². The van der Waals surface area contributed by atoms with Crippen molar-refractivity contribution in [1.82, 2.24) is 34.2 Å². The predicted octanol–water partition coefficient (Wildman–Crippen LogP) is 3.44. The summed E-state index contributed by atoms with van der Waals surface area (Å²) in [5.41, 5.74) is 17.2. The molecule has 1 aromatic carbocycles. The van der Waals surface area contributed by atoms with Gasteiger partial charge in [-0.2, -0.15) is 5.10 Å². The van der Waals surface area contributed by atoms with Gasteiger partial charge >= 0.3 is 0 Å². The van der Waals surface area contributed by atoms with E-state index in [4.69, 9.17) is 16.2 Å². The Hall–Kier alpha value is -4.93. The van der Waals surface area contributed by atoms with Crippen molar-refractivity contribution in [3.63, 3.8) is 0 Å². The number of aromatic nitrogens is 6. The molecule has 1 aliphatic carbocycles. The number of fused-ring (bicyclic) bond motifs is 1. The van der Waals surface area contributed by atoms with Gasteiger partial charge in [-0.3, -0.25) is 19.0 Å². The van der Waals surface area contributed by atoms with E-state index in [-0.39, 0.29) is 12.5 Å². The van der Waals surface area contributed by atoms with Crippen LogP contribution in [0.2, 0.25) is 0 Å². The lowest BCUT2D eigenvalue weighted by Gasteiger charge is -2.18. The van der Waals surface area contributed by atoms with E-state index < -0.39 is 0 Å². The van der Waals surface area contributed by atoms with Gasteiger partial charge in [0.25, 0.3) is 5.91 Å². The first kappa shape index (κ1) is 24.4. The maximum atomic E-state index is 12.8. The van der Waals surface area contributed by atoms with E-state index in [0.717, 1.165) is 34.4 Å². The van der Waals surface area contributed by atoms with Crippen molar-refractivity contribution < 1.29 is 9.53 Å². The molecular weight excluding hydrogens is 494 g/mol. The minimum absolute atomic E-state index is 0.0729. The number of nitrogens with zero attached hydrogens (tertiary/aromatic N) is 7. The molecule has 4 aromatic heterocycles. The van der Waals surface area contributed by atoms with Gasteiger partial charge in [0.2, 0.25) is 0 Å². The Morgan fingerprint density at radius 2 is 2.00 bits per heavy atom. The fraction of sp³-hybridized carbons (Fsp3) is 0.250. The molecule has 198 valence electrons. The monoisotopic (exact) mass is 523 g/mol. The third-order valence-electron chi connectivity index (χ3n) is 6.90. The third-order valence-corrected chi connectivity index (χ3v) is 6.90. The highest BCUT2D eigenvalue weighted by Gasteiger charge is 2.26. The molecule has 4 heterocycles. The fourth-order valence-corrected chi connectivity index (χ4v) is 4.69. The average molecular weight is 524 g/mol. The minimum atomic E-state index is -0.0729. The van der Waals surface area contributed by atoms with Crippen molar-refractivity contribution in [3.8, 4) is 22.7 Å². The fourth-order valence-electron chi connectivity index (χ4n) is 4.69. The lowest BCUT2D eigenvalue weighted by molar-refractivity contribution is 0.0789. The summed E-state index contributed by atoms with van der Waals surface area (Å²) in [6.07, 6.45) is 11.1. The number of nitrogens with two attached hydrogens (primary N) is 2. The van der Waals surface area contributed by atoms with E-state index >= 15 is 0 Å². The molecule has 0 bridgehead atoms. The summed E-state index contributed by atoms with van der Waals surface area (Å²) in [6, 6.07) is 9.07. The zero-order chi connectivity index (χ0) is 27.1. The van der Waals surface area contributed by atoms with Gasteiger partial charge in [-0.05, 0) is 43.0 Å². The zero-order valence-corrected chi connectivity index (χ0v) is 21.8. The van der Waals surface area contributed by atoms with Crippen molar-refractivity contribution in [2.45, 2.75) is 19.4 Å².